The third-order valence-corrected chi connectivity index (χ3v) is 1.55. The van der Waals surface area contributed by atoms with Gasteiger partial charge in [0, 0.05) is 0 Å². The Labute approximate surface area is 77.8 Å². The Hall–Kier alpha value is -1.06. The lowest BCUT2D eigenvalue weighted by atomic mass is 10.2. The van der Waals surface area contributed by atoms with Gasteiger partial charge < -0.3 is 9.99 Å². The third kappa shape index (κ3) is 3.44. The average Bonchev–Trinajstić information content (AvgIpc) is 2.08. The second-order valence-electron chi connectivity index (χ2n) is 2.98. The van der Waals surface area contributed by atoms with Crippen molar-refractivity contribution < 1.29 is 14.9 Å². The van der Waals surface area contributed by atoms with Crippen LogP contribution in [0.4, 0.5) is 0 Å². The molecule has 0 aliphatic carbocycles. The topological polar surface area (TPSA) is 38.7 Å². The molecule has 0 heterocycles. The van der Waals surface area contributed by atoms with Crippen LogP contribution in [0.1, 0.15) is 12.5 Å². The number of para-hydroxylation sites is 1. The van der Waals surface area contributed by atoms with Gasteiger partial charge in [-0.05, 0) is 25.5 Å². The number of benzene rings is 1. The lowest BCUT2D eigenvalue weighted by Crippen LogP contribution is -2.12. The number of hydrogen-bond acceptors (Lipinski definition) is 3. The van der Waals surface area contributed by atoms with Crippen LogP contribution in [-0.4, -0.2) is 17.8 Å². The van der Waals surface area contributed by atoms with Gasteiger partial charge in [0.1, 0.15) is 6.61 Å². The molecular formula is C10H14O3. The summed E-state index contributed by atoms with van der Waals surface area (Å²) in [6, 6.07) is 7.55. The van der Waals surface area contributed by atoms with Gasteiger partial charge in [-0.15, -0.1) is 0 Å². The van der Waals surface area contributed by atoms with Crippen LogP contribution in [0.15, 0.2) is 24.3 Å². The first-order valence-electron chi connectivity index (χ1n) is 4.23. The summed E-state index contributed by atoms with van der Waals surface area (Å²) in [5.74, 6) is 0.683. The molecule has 1 N–H and O–H groups in total. The minimum absolute atomic E-state index is 0.175. The zero-order valence-electron chi connectivity index (χ0n) is 7.86. The summed E-state index contributed by atoms with van der Waals surface area (Å²) in [4.78, 5) is 9.80. The van der Waals surface area contributed by atoms with Crippen molar-refractivity contribution in [3.63, 3.8) is 0 Å². The lowest BCUT2D eigenvalue weighted by Gasteiger charge is -2.07. The summed E-state index contributed by atoms with van der Waals surface area (Å²) in [5, 5.41) is 8.89. The van der Waals surface area contributed by atoms with Crippen molar-refractivity contribution in [2.45, 2.75) is 20.0 Å². The van der Waals surface area contributed by atoms with Crippen LogP contribution < -0.4 is 4.89 Å². The van der Waals surface area contributed by atoms with Gasteiger partial charge in [-0.25, -0.2) is 0 Å². The van der Waals surface area contributed by atoms with Gasteiger partial charge in [-0.1, -0.05) is 18.2 Å². The highest BCUT2D eigenvalue weighted by Crippen LogP contribution is 2.16. The van der Waals surface area contributed by atoms with Crippen molar-refractivity contribution >= 4 is 0 Å². The molecule has 0 aliphatic rings. The number of rotatable bonds is 4. The molecule has 0 fully saturated rings. The number of aliphatic hydroxyl groups excluding tert-OH is 1. The highest BCUT2D eigenvalue weighted by Gasteiger charge is 2.00. The Kier molecular flexibility index (Phi) is 3.73. The number of hydrogen-bond donors (Lipinski definition) is 1. The van der Waals surface area contributed by atoms with Gasteiger partial charge in [0.15, 0.2) is 5.75 Å². The van der Waals surface area contributed by atoms with E-state index in [2.05, 4.69) is 0 Å². The van der Waals surface area contributed by atoms with Crippen LogP contribution in [0, 0.1) is 6.92 Å². The van der Waals surface area contributed by atoms with Crippen molar-refractivity contribution in [1.82, 2.24) is 0 Å². The first kappa shape index (κ1) is 10.0. The van der Waals surface area contributed by atoms with E-state index in [9.17, 15) is 0 Å². The van der Waals surface area contributed by atoms with E-state index in [1.165, 1.54) is 0 Å². The Morgan fingerprint density at radius 2 is 2.08 bits per heavy atom. The quantitative estimate of drug-likeness (QED) is 0.568. The SMILES string of the molecule is Cc1ccccc1OOCC(C)O. The molecule has 1 atom stereocenters. The molecule has 1 rings (SSSR count). The van der Waals surface area contributed by atoms with Gasteiger partial charge >= 0.3 is 0 Å². The molecule has 3 nitrogen and oxygen atoms in total. The van der Waals surface area contributed by atoms with E-state index in [0.717, 1.165) is 5.56 Å². The third-order valence-electron chi connectivity index (χ3n) is 1.55. The van der Waals surface area contributed by atoms with E-state index in [1.807, 2.05) is 31.2 Å². The largest absolute Gasteiger partial charge is 0.391 e. The van der Waals surface area contributed by atoms with Crippen molar-refractivity contribution in [1.29, 1.82) is 0 Å². The smallest absolute Gasteiger partial charge is 0.168 e. The summed E-state index contributed by atoms with van der Waals surface area (Å²) < 4.78 is 0. The van der Waals surface area contributed by atoms with Gasteiger partial charge in [0.05, 0.1) is 6.10 Å². The van der Waals surface area contributed by atoms with Gasteiger partial charge in [-0.3, -0.25) is 0 Å². The average molecular weight is 182 g/mol. The highest BCUT2D eigenvalue weighted by molar-refractivity contribution is 5.31. The molecule has 0 aliphatic heterocycles. The van der Waals surface area contributed by atoms with E-state index in [1.54, 1.807) is 6.92 Å². The standard InChI is InChI=1S/C10H14O3/c1-8-5-3-4-6-10(8)13-12-7-9(2)11/h3-6,9,11H,7H2,1-2H3. The fraction of sp³-hybridized carbons (Fsp3) is 0.400. The lowest BCUT2D eigenvalue weighted by molar-refractivity contribution is -0.222. The molecular weight excluding hydrogens is 168 g/mol. The maximum atomic E-state index is 8.89. The van der Waals surface area contributed by atoms with Crippen LogP contribution in [0.5, 0.6) is 5.75 Å². The van der Waals surface area contributed by atoms with Crippen LogP contribution in [0.3, 0.4) is 0 Å². The molecule has 0 amide bonds. The number of aryl methyl sites for hydroxylation is 1. The summed E-state index contributed by atoms with van der Waals surface area (Å²) in [7, 11) is 0. The van der Waals surface area contributed by atoms with Gasteiger partial charge in [0.25, 0.3) is 0 Å². The molecule has 0 radical (unpaired) electrons. The van der Waals surface area contributed by atoms with Crippen LogP contribution >= 0.6 is 0 Å². The zero-order valence-corrected chi connectivity index (χ0v) is 7.86. The molecule has 0 bridgehead atoms. The molecule has 13 heavy (non-hydrogen) atoms. The summed E-state index contributed by atoms with van der Waals surface area (Å²) in [6.45, 7) is 3.75. The molecule has 0 saturated carbocycles. The van der Waals surface area contributed by atoms with Crippen molar-refractivity contribution in [3.8, 4) is 5.75 Å². The highest BCUT2D eigenvalue weighted by atomic mass is 17.2. The van der Waals surface area contributed by atoms with E-state index < -0.39 is 6.10 Å². The van der Waals surface area contributed by atoms with E-state index in [4.69, 9.17) is 14.9 Å². The van der Waals surface area contributed by atoms with Crippen molar-refractivity contribution in [2.24, 2.45) is 0 Å². The second-order valence-corrected chi connectivity index (χ2v) is 2.98. The predicted molar refractivity (Wildman–Crippen MR) is 49.4 cm³/mol. The molecule has 0 aromatic heterocycles. The molecule has 1 aromatic rings. The van der Waals surface area contributed by atoms with Crippen molar-refractivity contribution in [3.05, 3.63) is 29.8 Å². The second kappa shape index (κ2) is 4.84. The Morgan fingerprint density at radius 1 is 1.38 bits per heavy atom. The van der Waals surface area contributed by atoms with Gasteiger partial charge in [-0.2, -0.15) is 4.89 Å². The maximum Gasteiger partial charge on any atom is 0.168 e. The fourth-order valence-electron chi connectivity index (χ4n) is 0.846. The Morgan fingerprint density at radius 3 is 2.69 bits per heavy atom. The van der Waals surface area contributed by atoms with Crippen LogP contribution in [-0.2, 0) is 4.89 Å². The first-order chi connectivity index (χ1) is 6.20. The van der Waals surface area contributed by atoms with Crippen molar-refractivity contribution in [2.75, 3.05) is 6.61 Å². The van der Waals surface area contributed by atoms with Gasteiger partial charge in [0.2, 0.25) is 0 Å². The summed E-state index contributed by atoms with van der Waals surface area (Å²) in [6.07, 6.45) is -0.510. The predicted octanol–water partition coefficient (Wildman–Crippen LogP) is 1.69. The molecule has 3 heteroatoms. The first-order valence-corrected chi connectivity index (χ1v) is 4.23. The normalized spacial score (nSPS) is 12.5. The van der Waals surface area contributed by atoms with Crippen LogP contribution in [0.25, 0.3) is 0 Å². The Balaban J connectivity index is 2.41. The maximum absolute atomic E-state index is 8.89. The van der Waals surface area contributed by atoms with E-state index >= 15 is 0 Å². The fourth-order valence-corrected chi connectivity index (χ4v) is 0.846. The summed E-state index contributed by atoms with van der Waals surface area (Å²) in [5.41, 5.74) is 1.01. The molecule has 1 unspecified atom stereocenters. The molecule has 1 aromatic carbocycles. The minimum Gasteiger partial charge on any atom is -0.391 e. The van der Waals surface area contributed by atoms with E-state index in [-0.39, 0.29) is 6.61 Å². The summed E-state index contributed by atoms with van der Waals surface area (Å²) >= 11 is 0. The molecule has 0 spiro atoms. The van der Waals surface area contributed by atoms with Crippen LogP contribution in [0.2, 0.25) is 0 Å². The minimum atomic E-state index is -0.510. The monoisotopic (exact) mass is 182 g/mol. The zero-order chi connectivity index (χ0) is 9.68. The molecule has 72 valence electrons. The molecule has 0 saturated heterocycles. The Bertz CT molecular complexity index is 258. The van der Waals surface area contributed by atoms with E-state index in [0.29, 0.717) is 5.75 Å². The number of aliphatic hydroxyl groups is 1.